The average Bonchev–Trinajstić information content (AvgIpc) is 2.73. The second-order valence-corrected chi connectivity index (χ2v) is 7.87. The molecule has 2 fully saturated rings. The maximum absolute atomic E-state index is 10.1. The van der Waals surface area contributed by atoms with Gasteiger partial charge in [-0.05, 0) is 51.2 Å². The van der Waals surface area contributed by atoms with E-state index >= 15 is 0 Å². The highest BCUT2D eigenvalue weighted by Gasteiger charge is 2.22. The summed E-state index contributed by atoms with van der Waals surface area (Å²) < 4.78 is 5.83. The second-order valence-electron chi connectivity index (χ2n) is 7.87. The fourth-order valence-corrected chi connectivity index (χ4v) is 4.08. The molecule has 28 heavy (non-hydrogen) atoms. The molecule has 6 nitrogen and oxygen atoms in total. The molecule has 2 saturated heterocycles. The number of hydrogen-bond donors (Lipinski definition) is 2. The standard InChI is InChI=1S/C22H30N4O2/c1-16-14-21(25-22(24-16)19-7-2-3-8-20(19)27)26-11-9-17(10-12-26)23-15-18-6-4-5-13-28-18/h2-3,7-8,14,17-18,23,27H,4-6,9-13,15H2,1H3/t18-/m1/s1. The molecule has 2 aliphatic heterocycles. The normalized spacial score (nSPS) is 21.0. The minimum Gasteiger partial charge on any atom is -0.507 e. The average molecular weight is 383 g/mol. The maximum atomic E-state index is 10.1. The number of nitrogens with zero attached hydrogens (tertiary/aromatic N) is 3. The lowest BCUT2D eigenvalue weighted by Crippen LogP contribution is -2.45. The zero-order valence-corrected chi connectivity index (χ0v) is 16.6. The van der Waals surface area contributed by atoms with Crippen LogP contribution in [0, 0.1) is 6.92 Å². The van der Waals surface area contributed by atoms with Crippen LogP contribution in [0.3, 0.4) is 0 Å². The van der Waals surface area contributed by atoms with Crippen molar-refractivity contribution in [3.8, 4) is 17.1 Å². The molecule has 2 N–H and O–H groups in total. The van der Waals surface area contributed by atoms with E-state index in [1.54, 1.807) is 6.07 Å². The number of aromatic nitrogens is 2. The van der Waals surface area contributed by atoms with Crippen molar-refractivity contribution in [2.75, 3.05) is 31.1 Å². The molecule has 2 aliphatic rings. The van der Waals surface area contributed by atoms with E-state index in [1.165, 1.54) is 19.3 Å². The second kappa shape index (κ2) is 8.88. The van der Waals surface area contributed by atoms with E-state index in [4.69, 9.17) is 9.72 Å². The number of para-hydroxylation sites is 1. The number of anilines is 1. The fraction of sp³-hybridized carbons (Fsp3) is 0.545. The molecule has 2 aromatic rings. The van der Waals surface area contributed by atoms with Crippen molar-refractivity contribution in [2.45, 2.75) is 51.2 Å². The van der Waals surface area contributed by atoms with Crippen molar-refractivity contribution in [3.05, 3.63) is 36.0 Å². The van der Waals surface area contributed by atoms with Crippen LogP contribution in [0.5, 0.6) is 5.75 Å². The maximum Gasteiger partial charge on any atom is 0.165 e. The van der Waals surface area contributed by atoms with Crippen LogP contribution in [0.4, 0.5) is 5.82 Å². The highest BCUT2D eigenvalue weighted by atomic mass is 16.5. The van der Waals surface area contributed by atoms with Gasteiger partial charge in [-0.15, -0.1) is 0 Å². The molecule has 1 aromatic heterocycles. The van der Waals surface area contributed by atoms with E-state index in [-0.39, 0.29) is 5.75 Å². The first-order chi connectivity index (χ1) is 13.7. The molecule has 0 bridgehead atoms. The number of ether oxygens (including phenoxy) is 1. The Kier molecular flexibility index (Phi) is 6.07. The predicted molar refractivity (Wildman–Crippen MR) is 111 cm³/mol. The third kappa shape index (κ3) is 4.62. The van der Waals surface area contributed by atoms with Crippen LogP contribution >= 0.6 is 0 Å². The highest BCUT2D eigenvalue weighted by molar-refractivity contribution is 5.65. The van der Waals surface area contributed by atoms with Crippen molar-refractivity contribution in [3.63, 3.8) is 0 Å². The molecule has 0 aliphatic carbocycles. The Morgan fingerprint density at radius 3 is 2.71 bits per heavy atom. The smallest absolute Gasteiger partial charge is 0.165 e. The molecule has 0 amide bonds. The Morgan fingerprint density at radius 1 is 1.14 bits per heavy atom. The number of benzene rings is 1. The first kappa shape index (κ1) is 19.2. The van der Waals surface area contributed by atoms with Crippen LogP contribution in [0.15, 0.2) is 30.3 Å². The van der Waals surface area contributed by atoms with Crippen molar-refractivity contribution in [2.24, 2.45) is 0 Å². The number of hydrogen-bond acceptors (Lipinski definition) is 6. The van der Waals surface area contributed by atoms with Gasteiger partial charge in [-0.25, -0.2) is 9.97 Å². The van der Waals surface area contributed by atoms with Crippen molar-refractivity contribution >= 4 is 5.82 Å². The zero-order chi connectivity index (χ0) is 19.3. The Morgan fingerprint density at radius 2 is 1.96 bits per heavy atom. The number of piperidine rings is 1. The molecule has 1 aromatic carbocycles. The van der Waals surface area contributed by atoms with Gasteiger partial charge in [-0.2, -0.15) is 0 Å². The van der Waals surface area contributed by atoms with Gasteiger partial charge in [0.05, 0.1) is 11.7 Å². The monoisotopic (exact) mass is 382 g/mol. The Hall–Kier alpha value is -2.18. The largest absolute Gasteiger partial charge is 0.507 e. The summed E-state index contributed by atoms with van der Waals surface area (Å²) in [6, 6.07) is 9.82. The van der Waals surface area contributed by atoms with E-state index in [1.807, 2.05) is 31.2 Å². The summed E-state index contributed by atoms with van der Waals surface area (Å²) in [5, 5.41) is 13.8. The molecule has 1 atom stereocenters. The first-order valence-corrected chi connectivity index (χ1v) is 10.4. The Balaban J connectivity index is 1.37. The molecule has 0 radical (unpaired) electrons. The summed E-state index contributed by atoms with van der Waals surface area (Å²) >= 11 is 0. The minimum atomic E-state index is 0.215. The van der Waals surface area contributed by atoms with Gasteiger partial charge in [0, 0.05) is 44.0 Å². The number of phenols is 1. The van der Waals surface area contributed by atoms with Crippen LogP contribution in [-0.2, 0) is 4.74 Å². The number of aryl methyl sites for hydroxylation is 1. The molecule has 0 saturated carbocycles. The van der Waals surface area contributed by atoms with E-state index in [0.717, 1.165) is 50.6 Å². The molecule has 6 heteroatoms. The van der Waals surface area contributed by atoms with E-state index < -0.39 is 0 Å². The summed E-state index contributed by atoms with van der Waals surface area (Å²) in [6.07, 6.45) is 6.26. The van der Waals surface area contributed by atoms with Gasteiger partial charge in [0.1, 0.15) is 11.6 Å². The molecule has 0 spiro atoms. The van der Waals surface area contributed by atoms with Crippen LogP contribution < -0.4 is 10.2 Å². The number of aromatic hydroxyl groups is 1. The third-order valence-corrected chi connectivity index (χ3v) is 5.71. The predicted octanol–water partition coefficient (Wildman–Crippen LogP) is 3.29. The fourth-order valence-electron chi connectivity index (χ4n) is 4.08. The van der Waals surface area contributed by atoms with Gasteiger partial charge in [-0.1, -0.05) is 12.1 Å². The van der Waals surface area contributed by atoms with Crippen LogP contribution in [0.1, 0.15) is 37.8 Å². The zero-order valence-electron chi connectivity index (χ0n) is 16.6. The topological polar surface area (TPSA) is 70.5 Å². The highest BCUT2D eigenvalue weighted by Crippen LogP contribution is 2.28. The molecule has 150 valence electrons. The summed E-state index contributed by atoms with van der Waals surface area (Å²) in [4.78, 5) is 11.6. The lowest BCUT2D eigenvalue weighted by atomic mass is 10.0. The van der Waals surface area contributed by atoms with Crippen LogP contribution in [0.2, 0.25) is 0 Å². The number of phenolic OH excluding ortho intramolecular Hbond substituents is 1. The lowest BCUT2D eigenvalue weighted by molar-refractivity contribution is 0.0149. The van der Waals surface area contributed by atoms with E-state index in [0.29, 0.717) is 23.5 Å². The first-order valence-electron chi connectivity index (χ1n) is 10.4. The van der Waals surface area contributed by atoms with Gasteiger partial charge >= 0.3 is 0 Å². The molecular formula is C22H30N4O2. The summed E-state index contributed by atoms with van der Waals surface area (Å²) in [5.41, 5.74) is 1.59. The molecule has 3 heterocycles. The van der Waals surface area contributed by atoms with Gasteiger partial charge < -0.3 is 20.1 Å². The van der Waals surface area contributed by atoms with Crippen LogP contribution in [0.25, 0.3) is 11.4 Å². The van der Waals surface area contributed by atoms with Crippen molar-refractivity contribution in [1.29, 1.82) is 0 Å². The SMILES string of the molecule is Cc1cc(N2CCC(NC[C@H]3CCCCO3)CC2)nc(-c2ccccc2O)n1. The number of rotatable bonds is 5. The van der Waals surface area contributed by atoms with Gasteiger partial charge in [-0.3, -0.25) is 0 Å². The molecular weight excluding hydrogens is 352 g/mol. The van der Waals surface area contributed by atoms with E-state index in [9.17, 15) is 5.11 Å². The minimum absolute atomic E-state index is 0.215. The van der Waals surface area contributed by atoms with Crippen LogP contribution in [-0.4, -0.2) is 53.5 Å². The molecule has 4 rings (SSSR count). The van der Waals surface area contributed by atoms with Crippen molar-refractivity contribution < 1.29 is 9.84 Å². The summed E-state index contributed by atoms with van der Waals surface area (Å²) in [6.45, 7) is 5.80. The van der Waals surface area contributed by atoms with Gasteiger partial charge in [0.15, 0.2) is 5.82 Å². The summed E-state index contributed by atoms with van der Waals surface area (Å²) in [7, 11) is 0. The third-order valence-electron chi connectivity index (χ3n) is 5.71. The quantitative estimate of drug-likeness (QED) is 0.827. The molecule has 0 unspecified atom stereocenters. The Labute approximate surface area is 167 Å². The van der Waals surface area contributed by atoms with Gasteiger partial charge in [0.2, 0.25) is 0 Å². The van der Waals surface area contributed by atoms with Gasteiger partial charge in [0.25, 0.3) is 0 Å². The number of nitrogens with one attached hydrogen (secondary N) is 1. The Bertz CT molecular complexity index is 784. The van der Waals surface area contributed by atoms with E-state index in [2.05, 4.69) is 15.2 Å². The van der Waals surface area contributed by atoms with Crippen molar-refractivity contribution in [1.82, 2.24) is 15.3 Å². The summed E-state index contributed by atoms with van der Waals surface area (Å²) in [5.74, 6) is 1.74. The lowest BCUT2D eigenvalue weighted by Gasteiger charge is -2.34.